The molecule has 2 aliphatic rings. The molecule has 0 aliphatic carbocycles. The molecule has 2 heteroatoms. The molecule has 0 aromatic rings. The van der Waals surface area contributed by atoms with E-state index in [0.717, 1.165) is 6.54 Å². The van der Waals surface area contributed by atoms with Crippen molar-refractivity contribution in [3.8, 4) is 0 Å². The van der Waals surface area contributed by atoms with Gasteiger partial charge in [0.1, 0.15) is 6.23 Å². The summed E-state index contributed by atoms with van der Waals surface area (Å²) in [5, 5.41) is 3.49. The third-order valence-electron chi connectivity index (χ3n) is 3.59. The van der Waals surface area contributed by atoms with Gasteiger partial charge in [0.05, 0.1) is 6.10 Å². The van der Waals surface area contributed by atoms with E-state index in [1.54, 1.807) is 0 Å². The zero-order chi connectivity index (χ0) is 10.3. The van der Waals surface area contributed by atoms with E-state index >= 15 is 0 Å². The van der Waals surface area contributed by atoms with Crippen molar-refractivity contribution >= 4 is 0 Å². The number of rotatable bonds is 0. The van der Waals surface area contributed by atoms with Gasteiger partial charge >= 0.3 is 0 Å². The Kier molecular flexibility index (Phi) is 4.94. The molecule has 1 N–H and O–H groups in total. The fourth-order valence-electron chi connectivity index (χ4n) is 2.49. The summed E-state index contributed by atoms with van der Waals surface area (Å²) in [6, 6.07) is 0. The van der Waals surface area contributed by atoms with Crippen LogP contribution < -0.4 is 5.32 Å². The molecule has 2 atom stereocenters. The predicted molar refractivity (Wildman–Crippen MR) is 62.8 cm³/mol. The molecular formula is C13H25NO. The molecule has 15 heavy (non-hydrogen) atoms. The summed E-state index contributed by atoms with van der Waals surface area (Å²) < 4.78 is 5.58. The van der Waals surface area contributed by atoms with Crippen molar-refractivity contribution in [1.82, 2.24) is 5.32 Å². The van der Waals surface area contributed by atoms with Crippen LogP contribution in [0.5, 0.6) is 0 Å². The van der Waals surface area contributed by atoms with E-state index in [-0.39, 0.29) is 0 Å². The summed E-state index contributed by atoms with van der Waals surface area (Å²) in [5.74, 6) is 0. The van der Waals surface area contributed by atoms with Crippen molar-refractivity contribution in [1.29, 1.82) is 0 Å². The summed E-state index contributed by atoms with van der Waals surface area (Å²) in [7, 11) is 0. The van der Waals surface area contributed by atoms with E-state index in [4.69, 9.17) is 4.74 Å². The smallest absolute Gasteiger partial charge is 0.135 e. The molecule has 0 aromatic heterocycles. The molecule has 2 heterocycles. The van der Waals surface area contributed by atoms with Crippen LogP contribution >= 0.6 is 0 Å². The molecule has 2 unspecified atom stereocenters. The van der Waals surface area contributed by atoms with E-state index in [9.17, 15) is 0 Å². The summed E-state index contributed by atoms with van der Waals surface area (Å²) in [6.07, 6.45) is 14.9. The maximum atomic E-state index is 5.58. The molecule has 2 aliphatic heterocycles. The molecule has 0 saturated carbocycles. The van der Waals surface area contributed by atoms with E-state index < -0.39 is 0 Å². The van der Waals surface area contributed by atoms with Gasteiger partial charge in [-0.15, -0.1) is 0 Å². The van der Waals surface area contributed by atoms with Crippen molar-refractivity contribution in [2.75, 3.05) is 6.54 Å². The second-order valence-corrected chi connectivity index (χ2v) is 5.02. The van der Waals surface area contributed by atoms with Crippen LogP contribution in [0.4, 0.5) is 0 Å². The zero-order valence-corrected chi connectivity index (χ0v) is 9.84. The molecule has 2 fully saturated rings. The van der Waals surface area contributed by atoms with Crippen LogP contribution in [0.2, 0.25) is 0 Å². The molecule has 0 spiro atoms. The molecule has 2 rings (SSSR count). The Morgan fingerprint density at radius 2 is 1.33 bits per heavy atom. The van der Waals surface area contributed by atoms with E-state index in [0.29, 0.717) is 12.3 Å². The van der Waals surface area contributed by atoms with Gasteiger partial charge in [-0.25, -0.2) is 0 Å². The number of hydrogen-bond donors (Lipinski definition) is 1. The first-order valence-electron chi connectivity index (χ1n) is 6.86. The standard InChI is InChI=1S/C13H25NO/c1-2-4-6-8-10-12-13(15-12)14-11-9-7-5-3-1/h12-14H,1-11H2. The second kappa shape index (κ2) is 6.49. The van der Waals surface area contributed by atoms with Crippen LogP contribution in [-0.4, -0.2) is 18.9 Å². The van der Waals surface area contributed by atoms with Crippen molar-refractivity contribution in [2.24, 2.45) is 0 Å². The topological polar surface area (TPSA) is 24.6 Å². The third kappa shape index (κ3) is 4.52. The van der Waals surface area contributed by atoms with Crippen molar-refractivity contribution < 1.29 is 4.74 Å². The summed E-state index contributed by atoms with van der Waals surface area (Å²) in [4.78, 5) is 0. The number of ether oxygens (including phenoxy) is 1. The summed E-state index contributed by atoms with van der Waals surface area (Å²) in [6.45, 7) is 1.15. The van der Waals surface area contributed by atoms with Crippen LogP contribution in [0.1, 0.15) is 64.2 Å². The van der Waals surface area contributed by atoms with Crippen molar-refractivity contribution in [3.63, 3.8) is 0 Å². The molecule has 0 radical (unpaired) electrons. The molecule has 2 nitrogen and oxygen atoms in total. The van der Waals surface area contributed by atoms with Gasteiger partial charge in [0, 0.05) is 0 Å². The Labute approximate surface area is 93.8 Å². The quantitative estimate of drug-likeness (QED) is 0.622. The Morgan fingerprint density at radius 3 is 2.07 bits per heavy atom. The Balaban J connectivity index is 1.61. The van der Waals surface area contributed by atoms with Gasteiger partial charge < -0.3 is 4.74 Å². The maximum absolute atomic E-state index is 5.58. The molecule has 88 valence electrons. The first-order chi connectivity index (χ1) is 7.47. The number of nitrogens with one attached hydrogen (secondary N) is 1. The number of fused-ring (bicyclic) bond motifs is 1. The van der Waals surface area contributed by atoms with Gasteiger partial charge in [0.2, 0.25) is 0 Å². The normalized spacial score (nSPS) is 35.2. The van der Waals surface area contributed by atoms with E-state index in [1.165, 1.54) is 64.2 Å². The SMILES string of the molecule is C1CCCCCNC2OC2CCCCC1. The monoisotopic (exact) mass is 211 g/mol. The summed E-state index contributed by atoms with van der Waals surface area (Å²) in [5.41, 5.74) is 0. The minimum atomic E-state index is 0.410. The molecule has 2 saturated heterocycles. The molecular weight excluding hydrogens is 186 g/mol. The minimum absolute atomic E-state index is 0.410. The van der Waals surface area contributed by atoms with Gasteiger partial charge in [0.15, 0.2) is 0 Å². The van der Waals surface area contributed by atoms with Crippen LogP contribution in [0.3, 0.4) is 0 Å². The minimum Gasteiger partial charge on any atom is -0.353 e. The first-order valence-corrected chi connectivity index (χ1v) is 6.86. The van der Waals surface area contributed by atoms with Gasteiger partial charge in [-0.1, -0.05) is 51.4 Å². The lowest BCUT2D eigenvalue weighted by molar-refractivity contribution is 0.336. The van der Waals surface area contributed by atoms with Crippen LogP contribution in [0.15, 0.2) is 0 Å². The Hall–Kier alpha value is -0.0800. The second-order valence-electron chi connectivity index (χ2n) is 5.02. The van der Waals surface area contributed by atoms with Crippen LogP contribution in [0, 0.1) is 0 Å². The predicted octanol–water partition coefficient (Wildman–Crippen LogP) is 3.22. The molecule has 0 aromatic carbocycles. The molecule has 0 bridgehead atoms. The van der Waals surface area contributed by atoms with Crippen LogP contribution in [0.25, 0.3) is 0 Å². The highest BCUT2D eigenvalue weighted by Crippen LogP contribution is 2.25. The first kappa shape index (κ1) is 11.4. The number of hydrogen-bond acceptors (Lipinski definition) is 2. The highest BCUT2D eigenvalue weighted by Gasteiger charge is 2.37. The lowest BCUT2D eigenvalue weighted by atomic mass is 10.0. The maximum Gasteiger partial charge on any atom is 0.135 e. The van der Waals surface area contributed by atoms with Gasteiger partial charge in [0.25, 0.3) is 0 Å². The largest absolute Gasteiger partial charge is 0.353 e. The highest BCUT2D eigenvalue weighted by molar-refractivity contribution is 4.82. The van der Waals surface area contributed by atoms with Crippen LogP contribution in [-0.2, 0) is 4.74 Å². The zero-order valence-electron chi connectivity index (χ0n) is 9.84. The van der Waals surface area contributed by atoms with Crippen molar-refractivity contribution in [2.45, 2.75) is 76.5 Å². The number of epoxide rings is 1. The highest BCUT2D eigenvalue weighted by atomic mass is 16.6. The Bertz CT molecular complexity index is 154. The average Bonchev–Trinajstić information content (AvgIpc) is 2.98. The Morgan fingerprint density at radius 1 is 0.733 bits per heavy atom. The fraction of sp³-hybridized carbons (Fsp3) is 1.00. The summed E-state index contributed by atoms with van der Waals surface area (Å²) >= 11 is 0. The van der Waals surface area contributed by atoms with E-state index in [2.05, 4.69) is 5.32 Å². The van der Waals surface area contributed by atoms with E-state index in [1.807, 2.05) is 0 Å². The molecule has 0 amide bonds. The third-order valence-corrected chi connectivity index (χ3v) is 3.59. The van der Waals surface area contributed by atoms with Gasteiger partial charge in [-0.2, -0.15) is 0 Å². The van der Waals surface area contributed by atoms with Crippen molar-refractivity contribution in [3.05, 3.63) is 0 Å². The fourth-order valence-corrected chi connectivity index (χ4v) is 2.49. The average molecular weight is 211 g/mol. The lowest BCUT2D eigenvalue weighted by Crippen LogP contribution is -2.21. The van der Waals surface area contributed by atoms with Gasteiger partial charge in [-0.3, -0.25) is 5.32 Å². The lowest BCUT2D eigenvalue weighted by Gasteiger charge is -2.04. The van der Waals surface area contributed by atoms with Gasteiger partial charge in [-0.05, 0) is 19.4 Å².